The van der Waals surface area contributed by atoms with E-state index >= 15 is 0 Å². The number of amides is 1. The van der Waals surface area contributed by atoms with E-state index in [0.29, 0.717) is 18.9 Å². The maximum Gasteiger partial charge on any atom is 0.224 e. The molecule has 1 saturated carbocycles. The second kappa shape index (κ2) is 6.55. The molecule has 3 nitrogen and oxygen atoms in total. The molecule has 2 unspecified atom stereocenters. The standard InChI is InChI=1S/C15H22N2O/c16-11-13-8-4-5-9-14(13)17-15(18)10-12-6-2-1-3-7-12/h1-3,6-7,13-14H,4-5,8-11,16H2,(H,17,18). The van der Waals surface area contributed by atoms with Gasteiger partial charge in [-0.2, -0.15) is 0 Å². The van der Waals surface area contributed by atoms with Crippen LogP contribution in [0.3, 0.4) is 0 Å². The van der Waals surface area contributed by atoms with Gasteiger partial charge in [0.05, 0.1) is 6.42 Å². The van der Waals surface area contributed by atoms with Crippen LogP contribution in [0.4, 0.5) is 0 Å². The predicted molar refractivity (Wildman–Crippen MR) is 73.1 cm³/mol. The number of hydrogen-bond donors (Lipinski definition) is 2. The van der Waals surface area contributed by atoms with Gasteiger partial charge in [-0.3, -0.25) is 4.79 Å². The highest BCUT2D eigenvalue weighted by atomic mass is 16.1. The Morgan fingerprint density at radius 3 is 2.67 bits per heavy atom. The smallest absolute Gasteiger partial charge is 0.224 e. The fraction of sp³-hybridized carbons (Fsp3) is 0.533. The van der Waals surface area contributed by atoms with Crippen LogP contribution in [-0.4, -0.2) is 18.5 Å². The van der Waals surface area contributed by atoms with Crippen molar-refractivity contribution in [2.24, 2.45) is 11.7 Å². The third-order valence-corrected chi connectivity index (χ3v) is 3.77. The number of benzene rings is 1. The van der Waals surface area contributed by atoms with Crippen LogP contribution in [0.25, 0.3) is 0 Å². The summed E-state index contributed by atoms with van der Waals surface area (Å²) in [4.78, 5) is 12.0. The molecule has 1 aromatic rings. The van der Waals surface area contributed by atoms with E-state index in [2.05, 4.69) is 5.32 Å². The van der Waals surface area contributed by atoms with Crippen LogP contribution in [-0.2, 0) is 11.2 Å². The summed E-state index contributed by atoms with van der Waals surface area (Å²) in [5, 5.41) is 3.15. The lowest BCUT2D eigenvalue weighted by Crippen LogP contribution is -2.45. The fourth-order valence-electron chi connectivity index (χ4n) is 2.72. The van der Waals surface area contributed by atoms with E-state index in [0.717, 1.165) is 18.4 Å². The molecule has 18 heavy (non-hydrogen) atoms. The molecular weight excluding hydrogens is 224 g/mol. The van der Waals surface area contributed by atoms with Crippen molar-refractivity contribution in [3.63, 3.8) is 0 Å². The van der Waals surface area contributed by atoms with Crippen LogP contribution in [0.5, 0.6) is 0 Å². The Bertz CT molecular complexity index is 377. The molecule has 0 saturated heterocycles. The third-order valence-electron chi connectivity index (χ3n) is 3.77. The minimum absolute atomic E-state index is 0.117. The molecular formula is C15H22N2O. The van der Waals surface area contributed by atoms with Gasteiger partial charge in [-0.1, -0.05) is 43.2 Å². The minimum atomic E-state index is 0.117. The van der Waals surface area contributed by atoms with Crippen molar-refractivity contribution in [1.82, 2.24) is 5.32 Å². The van der Waals surface area contributed by atoms with Crippen molar-refractivity contribution in [3.8, 4) is 0 Å². The molecule has 3 heteroatoms. The van der Waals surface area contributed by atoms with Gasteiger partial charge in [0.15, 0.2) is 0 Å². The van der Waals surface area contributed by atoms with E-state index < -0.39 is 0 Å². The molecule has 1 aromatic carbocycles. The van der Waals surface area contributed by atoms with Gasteiger partial charge in [0, 0.05) is 6.04 Å². The molecule has 1 aliphatic carbocycles. The summed E-state index contributed by atoms with van der Waals surface area (Å²) in [5.74, 6) is 0.574. The van der Waals surface area contributed by atoms with Crippen LogP contribution >= 0.6 is 0 Å². The average molecular weight is 246 g/mol. The van der Waals surface area contributed by atoms with Gasteiger partial charge >= 0.3 is 0 Å². The Hall–Kier alpha value is -1.35. The zero-order valence-electron chi connectivity index (χ0n) is 10.8. The van der Waals surface area contributed by atoms with E-state index in [4.69, 9.17) is 5.73 Å². The first kappa shape index (κ1) is 13.1. The number of nitrogens with two attached hydrogens (primary N) is 1. The Morgan fingerprint density at radius 1 is 1.22 bits per heavy atom. The summed E-state index contributed by atoms with van der Waals surface area (Å²) in [6.07, 6.45) is 5.13. The normalized spacial score (nSPS) is 23.6. The molecule has 0 heterocycles. The van der Waals surface area contributed by atoms with Crippen molar-refractivity contribution in [2.45, 2.75) is 38.1 Å². The number of rotatable bonds is 4. The Labute approximate surface area is 109 Å². The van der Waals surface area contributed by atoms with E-state index in [1.165, 1.54) is 12.8 Å². The summed E-state index contributed by atoms with van der Waals surface area (Å²) in [7, 11) is 0. The molecule has 1 amide bonds. The number of carbonyl (C=O) groups is 1. The zero-order valence-corrected chi connectivity index (χ0v) is 10.8. The van der Waals surface area contributed by atoms with Crippen LogP contribution in [0, 0.1) is 5.92 Å². The lowest BCUT2D eigenvalue weighted by molar-refractivity contribution is -0.121. The highest BCUT2D eigenvalue weighted by Crippen LogP contribution is 2.23. The van der Waals surface area contributed by atoms with Crippen molar-refractivity contribution in [2.75, 3.05) is 6.54 Å². The first-order valence-electron chi connectivity index (χ1n) is 6.83. The average Bonchev–Trinajstić information content (AvgIpc) is 2.40. The number of carbonyl (C=O) groups excluding carboxylic acids is 1. The number of nitrogens with one attached hydrogen (secondary N) is 1. The summed E-state index contributed by atoms with van der Waals surface area (Å²) >= 11 is 0. The lowest BCUT2D eigenvalue weighted by atomic mass is 9.84. The lowest BCUT2D eigenvalue weighted by Gasteiger charge is -2.31. The highest BCUT2D eigenvalue weighted by Gasteiger charge is 2.25. The van der Waals surface area contributed by atoms with Gasteiger partial charge in [0.2, 0.25) is 5.91 Å². The molecule has 2 atom stereocenters. The first-order valence-corrected chi connectivity index (χ1v) is 6.83. The second-order valence-corrected chi connectivity index (χ2v) is 5.12. The SMILES string of the molecule is NCC1CCCCC1NC(=O)Cc1ccccc1. The highest BCUT2D eigenvalue weighted by molar-refractivity contribution is 5.78. The van der Waals surface area contributed by atoms with E-state index in [1.807, 2.05) is 30.3 Å². The summed E-state index contributed by atoms with van der Waals surface area (Å²) in [6.45, 7) is 0.677. The van der Waals surface area contributed by atoms with Gasteiger partial charge in [-0.05, 0) is 30.9 Å². The number of hydrogen-bond acceptors (Lipinski definition) is 2. The van der Waals surface area contributed by atoms with E-state index in [9.17, 15) is 4.79 Å². The molecule has 0 aliphatic heterocycles. The van der Waals surface area contributed by atoms with E-state index in [1.54, 1.807) is 0 Å². The second-order valence-electron chi connectivity index (χ2n) is 5.12. The van der Waals surface area contributed by atoms with Gasteiger partial charge in [-0.15, -0.1) is 0 Å². The molecule has 1 aliphatic rings. The van der Waals surface area contributed by atoms with Crippen LogP contribution in [0.1, 0.15) is 31.2 Å². The van der Waals surface area contributed by atoms with Gasteiger partial charge < -0.3 is 11.1 Å². The maximum atomic E-state index is 12.0. The molecule has 1 fully saturated rings. The van der Waals surface area contributed by atoms with Gasteiger partial charge in [-0.25, -0.2) is 0 Å². The first-order chi connectivity index (χ1) is 8.79. The Balaban J connectivity index is 1.86. The van der Waals surface area contributed by atoms with Crippen LogP contribution in [0.2, 0.25) is 0 Å². The summed E-state index contributed by atoms with van der Waals surface area (Å²) in [5.41, 5.74) is 6.84. The molecule has 0 bridgehead atoms. The predicted octanol–water partition coefficient (Wildman–Crippen LogP) is 1.86. The monoisotopic (exact) mass is 246 g/mol. The fourth-order valence-corrected chi connectivity index (χ4v) is 2.72. The van der Waals surface area contributed by atoms with Crippen molar-refractivity contribution in [3.05, 3.63) is 35.9 Å². The van der Waals surface area contributed by atoms with Crippen molar-refractivity contribution < 1.29 is 4.79 Å². The van der Waals surface area contributed by atoms with E-state index in [-0.39, 0.29) is 11.9 Å². The van der Waals surface area contributed by atoms with Gasteiger partial charge in [0.1, 0.15) is 0 Å². The largest absolute Gasteiger partial charge is 0.353 e. The molecule has 0 aromatic heterocycles. The maximum absolute atomic E-state index is 12.0. The third kappa shape index (κ3) is 3.57. The quantitative estimate of drug-likeness (QED) is 0.852. The summed E-state index contributed by atoms with van der Waals surface area (Å²) in [6, 6.07) is 10.1. The molecule has 0 radical (unpaired) electrons. The zero-order chi connectivity index (χ0) is 12.8. The Morgan fingerprint density at radius 2 is 1.94 bits per heavy atom. The molecule has 0 spiro atoms. The summed E-state index contributed by atoms with van der Waals surface area (Å²) < 4.78 is 0. The molecule has 2 rings (SSSR count). The van der Waals surface area contributed by atoms with Crippen molar-refractivity contribution in [1.29, 1.82) is 0 Å². The minimum Gasteiger partial charge on any atom is -0.353 e. The topological polar surface area (TPSA) is 55.1 Å². The van der Waals surface area contributed by atoms with Gasteiger partial charge in [0.25, 0.3) is 0 Å². The Kier molecular flexibility index (Phi) is 4.76. The van der Waals surface area contributed by atoms with Crippen molar-refractivity contribution >= 4 is 5.91 Å². The molecule has 3 N–H and O–H groups in total. The van der Waals surface area contributed by atoms with Crippen LogP contribution in [0.15, 0.2) is 30.3 Å². The van der Waals surface area contributed by atoms with Crippen LogP contribution < -0.4 is 11.1 Å². The molecule has 98 valence electrons.